The Labute approximate surface area is 122 Å². The van der Waals surface area contributed by atoms with Gasteiger partial charge in [0.25, 0.3) is 5.91 Å². The molecule has 0 saturated heterocycles. The summed E-state index contributed by atoms with van der Waals surface area (Å²) in [6.07, 6.45) is 0.759. The number of benzene rings is 2. The van der Waals surface area contributed by atoms with E-state index in [1.807, 2.05) is 48.5 Å². The molecule has 1 amide bonds. The highest BCUT2D eigenvalue weighted by Crippen LogP contribution is 2.40. The maximum Gasteiger partial charge on any atom is 0.274 e. The zero-order valence-electron chi connectivity index (χ0n) is 11.6. The summed E-state index contributed by atoms with van der Waals surface area (Å²) in [7, 11) is 1.65. The van der Waals surface area contributed by atoms with Gasteiger partial charge >= 0.3 is 0 Å². The van der Waals surface area contributed by atoms with Crippen LogP contribution in [0.1, 0.15) is 33.9 Å². The minimum Gasteiger partial charge on any atom is -0.497 e. The van der Waals surface area contributed by atoms with Crippen molar-refractivity contribution in [2.24, 2.45) is 5.10 Å². The quantitative estimate of drug-likeness (QED) is 0.847. The van der Waals surface area contributed by atoms with Crippen LogP contribution in [-0.4, -0.2) is 23.7 Å². The molecule has 4 rings (SSSR count). The van der Waals surface area contributed by atoms with Gasteiger partial charge < -0.3 is 4.74 Å². The predicted molar refractivity (Wildman–Crippen MR) is 79.5 cm³/mol. The molecular weight excluding hydrogens is 264 g/mol. The van der Waals surface area contributed by atoms with Crippen LogP contribution >= 0.6 is 0 Å². The third-order valence-corrected chi connectivity index (χ3v) is 4.09. The van der Waals surface area contributed by atoms with E-state index in [2.05, 4.69) is 5.10 Å². The second kappa shape index (κ2) is 4.45. The van der Waals surface area contributed by atoms with Crippen molar-refractivity contribution in [3.63, 3.8) is 0 Å². The van der Waals surface area contributed by atoms with Crippen LogP contribution < -0.4 is 4.74 Å². The summed E-state index contributed by atoms with van der Waals surface area (Å²) in [6.45, 7) is 0. The number of hydrogen-bond donors (Lipinski definition) is 0. The molecule has 0 saturated carbocycles. The highest BCUT2D eigenvalue weighted by atomic mass is 16.5. The van der Waals surface area contributed by atoms with E-state index in [0.29, 0.717) is 0 Å². The van der Waals surface area contributed by atoms with Gasteiger partial charge in [0, 0.05) is 12.0 Å². The van der Waals surface area contributed by atoms with Crippen LogP contribution in [0.25, 0.3) is 0 Å². The Morgan fingerprint density at radius 1 is 1.14 bits per heavy atom. The average molecular weight is 278 g/mol. The number of fused-ring (bicyclic) bond motifs is 3. The minimum atomic E-state index is -0.000823. The number of amides is 1. The Balaban J connectivity index is 1.68. The van der Waals surface area contributed by atoms with Gasteiger partial charge in [-0.25, -0.2) is 5.01 Å². The molecule has 0 N–H and O–H groups in total. The SMILES string of the molecule is COc1ccc(C2=NN3C(=O)c4ccccc4[C@@H]3C2)cc1. The maximum atomic E-state index is 12.4. The van der Waals surface area contributed by atoms with E-state index in [1.165, 1.54) is 0 Å². The van der Waals surface area contributed by atoms with Gasteiger partial charge in [0.1, 0.15) is 5.75 Å². The van der Waals surface area contributed by atoms with Gasteiger partial charge in [-0.15, -0.1) is 0 Å². The second-order valence-electron chi connectivity index (χ2n) is 5.23. The summed E-state index contributed by atoms with van der Waals surface area (Å²) in [5.41, 5.74) is 3.84. The highest BCUT2D eigenvalue weighted by molar-refractivity contribution is 6.07. The third-order valence-electron chi connectivity index (χ3n) is 4.09. The van der Waals surface area contributed by atoms with Crippen molar-refractivity contribution >= 4 is 11.6 Å². The maximum absolute atomic E-state index is 12.4. The molecule has 2 aliphatic heterocycles. The summed E-state index contributed by atoms with van der Waals surface area (Å²) in [5, 5.41) is 6.15. The van der Waals surface area contributed by atoms with Crippen molar-refractivity contribution in [3.05, 3.63) is 65.2 Å². The molecule has 2 aromatic carbocycles. The van der Waals surface area contributed by atoms with Gasteiger partial charge in [-0.2, -0.15) is 5.10 Å². The number of hydrazone groups is 1. The number of nitrogens with zero attached hydrogens (tertiary/aromatic N) is 2. The average Bonchev–Trinajstić information content (AvgIpc) is 3.08. The molecule has 1 atom stereocenters. The number of rotatable bonds is 2. The van der Waals surface area contributed by atoms with Crippen LogP contribution in [0.4, 0.5) is 0 Å². The van der Waals surface area contributed by atoms with Crippen molar-refractivity contribution in [1.82, 2.24) is 5.01 Å². The van der Waals surface area contributed by atoms with E-state index in [9.17, 15) is 4.79 Å². The summed E-state index contributed by atoms with van der Waals surface area (Å²) >= 11 is 0. The lowest BCUT2D eigenvalue weighted by molar-refractivity contribution is 0.0756. The molecule has 0 unspecified atom stereocenters. The van der Waals surface area contributed by atoms with Gasteiger partial charge in [0.15, 0.2) is 0 Å². The topological polar surface area (TPSA) is 41.9 Å². The molecule has 2 aromatic rings. The number of methoxy groups -OCH3 is 1. The fourth-order valence-corrected chi connectivity index (χ4v) is 3.00. The molecule has 4 nitrogen and oxygen atoms in total. The standard InChI is InChI=1S/C17H14N2O2/c1-21-12-8-6-11(7-9-12)15-10-16-13-4-2-3-5-14(13)17(20)19(16)18-15/h2-9,16H,10H2,1H3/t16-/m0/s1. The molecule has 2 aliphatic rings. The van der Waals surface area contributed by atoms with E-state index in [0.717, 1.165) is 34.6 Å². The van der Waals surface area contributed by atoms with Crippen LogP contribution in [0.3, 0.4) is 0 Å². The van der Waals surface area contributed by atoms with Gasteiger partial charge in [0.2, 0.25) is 0 Å². The molecule has 0 spiro atoms. The smallest absolute Gasteiger partial charge is 0.274 e. The van der Waals surface area contributed by atoms with E-state index < -0.39 is 0 Å². The fourth-order valence-electron chi connectivity index (χ4n) is 3.00. The van der Waals surface area contributed by atoms with Crippen molar-refractivity contribution in [2.75, 3.05) is 7.11 Å². The predicted octanol–water partition coefficient (Wildman–Crippen LogP) is 3.00. The van der Waals surface area contributed by atoms with Gasteiger partial charge in [-0.05, 0) is 41.5 Å². The van der Waals surface area contributed by atoms with Crippen LogP contribution in [0, 0.1) is 0 Å². The molecule has 0 fully saturated rings. The molecular formula is C17H14N2O2. The van der Waals surface area contributed by atoms with E-state index >= 15 is 0 Å². The summed E-state index contributed by atoms with van der Waals surface area (Å²) in [4.78, 5) is 12.4. The molecule has 104 valence electrons. The molecule has 21 heavy (non-hydrogen) atoms. The lowest BCUT2D eigenvalue weighted by atomic mass is 9.98. The fraction of sp³-hybridized carbons (Fsp3) is 0.176. The largest absolute Gasteiger partial charge is 0.497 e. The molecule has 0 aromatic heterocycles. The Kier molecular flexibility index (Phi) is 2.57. The van der Waals surface area contributed by atoms with Crippen LogP contribution in [0.15, 0.2) is 53.6 Å². The monoisotopic (exact) mass is 278 g/mol. The minimum absolute atomic E-state index is 0.000823. The third kappa shape index (κ3) is 1.76. The zero-order valence-corrected chi connectivity index (χ0v) is 11.6. The molecule has 0 radical (unpaired) electrons. The molecule has 0 bridgehead atoms. The zero-order chi connectivity index (χ0) is 14.4. The van der Waals surface area contributed by atoms with Gasteiger partial charge in [0.05, 0.1) is 18.9 Å². The first kappa shape index (κ1) is 12.1. The van der Waals surface area contributed by atoms with Crippen LogP contribution in [-0.2, 0) is 0 Å². The number of carbonyl (C=O) groups is 1. The number of hydrogen-bond acceptors (Lipinski definition) is 3. The normalized spacial score (nSPS) is 19.3. The second-order valence-corrected chi connectivity index (χ2v) is 5.23. The van der Waals surface area contributed by atoms with Crippen LogP contribution in [0.5, 0.6) is 5.75 Å². The summed E-state index contributed by atoms with van der Waals surface area (Å²) in [6, 6.07) is 15.6. The van der Waals surface area contributed by atoms with Crippen molar-refractivity contribution in [3.8, 4) is 5.75 Å². The molecule has 0 aliphatic carbocycles. The van der Waals surface area contributed by atoms with Crippen LogP contribution in [0.2, 0.25) is 0 Å². The molecule has 2 heterocycles. The Hall–Kier alpha value is -2.62. The Bertz CT molecular complexity index is 750. The van der Waals surface area contributed by atoms with E-state index in [1.54, 1.807) is 12.1 Å². The first-order valence-electron chi connectivity index (χ1n) is 6.92. The van der Waals surface area contributed by atoms with Crippen molar-refractivity contribution in [2.45, 2.75) is 12.5 Å². The van der Waals surface area contributed by atoms with Crippen molar-refractivity contribution < 1.29 is 9.53 Å². The highest BCUT2D eigenvalue weighted by Gasteiger charge is 2.41. The van der Waals surface area contributed by atoms with Gasteiger partial charge in [-0.1, -0.05) is 18.2 Å². The number of carbonyl (C=O) groups excluding carboxylic acids is 1. The van der Waals surface area contributed by atoms with Crippen molar-refractivity contribution in [1.29, 1.82) is 0 Å². The Morgan fingerprint density at radius 3 is 2.67 bits per heavy atom. The lowest BCUT2D eigenvalue weighted by Gasteiger charge is -2.10. The molecule has 4 heteroatoms. The first-order chi connectivity index (χ1) is 10.3. The Morgan fingerprint density at radius 2 is 1.90 bits per heavy atom. The summed E-state index contributed by atoms with van der Waals surface area (Å²) < 4.78 is 5.17. The van der Waals surface area contributed by atoms with E-state index in [-0.39, 0.29) is 11.9 Å². The first-order valence-corrected chi connectivity index (χ1v) is 6.92. The lowest BCUT2D eigenvalue weighted by Crippen LogP contribution is -2.17. The van der Waals surface area contributed by atoms with E-state index in [4.69, 9.17) is 4.74 Å². The summed E-state index contributed by atoms with van der Waals surface area (Å²) in [5.74, 6) is 0.818. The van der Waals surface area contributed by atoms with Gasteiger partial charge in [-0.3, -0.25) is 4.79 Å². The number of ether oxygens (including phenoxy) is 1.